The summed E-state index contributed by atoms with van der Waals surface area (Å²) in [6.45, 7) is 1.94. The summed E-state index contributed by atoms with van der Waals surface area (Å²) in [5.74, 6) is -2.23. The van der Waals surface area contributed by atoms with Gasteiger partial charge in [-0.25, -0.2) is 8.78 Å². The van der Waals surface area contributed by atoms with Crippen molar-refractivity contribution in [1.82, 2.24) is 9.78 Å². The van der Waals surface area contributed by atoms with Crippen molar-refractivity contribution in [2.45, 2.75) is 13.5 Å². The van der Waals surface area contributed by atoms with Crippen molar-refractivity contribution in [3.05, 3.63) is 73.6 Å². The van der Waals surface area contributed by atoms with Crippen molar-refractivity contribution < 1.29 is 18.5 Å². The number of hydrogen-bond acceptors (Lipinski definition) is 5. The van der Waals surface area contributed by atoms with Crippen LogP contribution in [0, 0.1) is 28.7 Å². The fourth-order valence-corrected chi connectivity index (χ4v) is 3.07. The Labute approximate surface area is 150 Å². The van der Waals surface area contributed by atoms with Gasteiger partial charge >= 0.3 is 5.82 Å². The first-order valence-electron chi connectivity index (χ1n) is 7.36. The molecule has 1 aromatic carbocycles. The molecule has 0 spiro atoms. The molecule has 0 saturated carbocycles. The third kappa shape index (κ3) is 3.75. The molecule has 7 nitrogen and oxygen atoms in total. The Hall–Kier alpha value is -3.14. The van der Waals surface area contributed by atoms with E-state index in [2.05, 4.69) is 10.4 Å². The van der Waals surface area contributed by atoms with E-state index in [9.17, 15) is 23.7 Å². The molecule has 134 valence electrons. The number of benzene rings is 1. The van der Waals surface area contributed by atoms with Gasteiger partial charge in [0.1, 0.15) is 11.6 Å². The maximum Gasteiger partial charge on any atom is 0.390 e. The van der Waals surface area contributed by atoms with Gasteiger partial charge in [-0.15, -0.1) is 11.3 Å². The Bertz CT molecular complexity index is 999. The lowest BCUT2D eigenvalue weighted by Gasteiger charge is -2.04. The molecule has 0 aliphatic carbocycles. The molecular weight excluding hydrogens is 366 g/mol. The number of aryl methyl sites for hydroxylation is 1. The molecule has 10 heteroatoms. The lowest BCUT2D eigenvalue weighted by atomic mass is 10.2. The number of nitrogens with zero attached hydrogens (tertiary/aromatic N) is 3. The van der Waals surface area contributed by atoms with Gasteiger partial charge in [-0.2, -0.15) is 4.68 Å². The molecule has 3 rings (SSSR count). The van der Waals surface area contributed by atoms with Gasteiger partial charge < -0.3 is 15.4 Å². The molecular formula is C16H12F2N4O3S. The van der Waals surface area contributed by atoms with Crippen LogP contribution in [-0.2, 0) is 6.54 Å². The molecule has 0 atom stereocenters. The maximum atomic E-state index is 13.6. The molecule has 2 aromatic heterocycles. The molecule has 1 amide bonds. The molecule has 0 saturated heterocycles. The summed E-state index contributed by atoms with van der Waals surface area (Å²) in [4.78, 5) is 22.7. The van der Waals surface area contributed by atoms with Crippen LogP contribution in [0.25, 0.3) is 0 Å². The number of hydrogen-bond donors (Lipinski definition) is 1. The first-order chi connectivity index (χ1) is 12.3. The highest BCUT2D eigenvalue weighted by molar-refractivity contribution is 7.12. The molecule has 0 radical (unpaired) electrons. The van der Waals surface area contributed by atoms with Crippen LogP contribution in [0.15, 0.2) is 35.7 Å². The molecule has 0 unspecified atom stereocenters. The topological polar surface area (TPSA) is 90.1 Å². The van der Waals surface area contributed by atoms with Crippen molar-refractivity contribution in [3.8, 4) is 0 Å². The van der Waals surface area contributed by atoms with E-state index in [1.807, 2.05) is 0 Å². The molecule has 0 aliphatic heterocycles. The highest BCUT2D eigenvalue weighted by Gasteiger charge is 2.17. The Balaban J connectivity index is 1.74. The van der Waals surface area contributed by atoms with Crippen LogP contribution in [0.5, 0.6) is 0 Å². The Morgan fingerprint density at radius 3 is 2.81 bits per heavy atom. The zero-order valence-corrected chi connectivity index (χ0v) is 14.2. The average molecular weight is 378 g/mol. The maximum absolute atomic E-state index is 13.6. The lowest BCUT2D eigenvalue weighted by molar-refractivity contribution is -0.389. The van der Waals surface area contributed by atoms with Crippen LogP contribution in [0.2, 0.25) is 0 Å². The third-order valence-electron chi connectivity index (χ3n) is 3.54. The third-order valence-corrected chi connectivity index (χ3v) is 4.52. The molecule has 0 aliphatic rings. The summed E-state index contributed by atoms with van der Waals surface area (Å²) in [5, 5.41) is 18.7. The quantitative estimate of drug-likeness (QED) is 0.541. The number of rotatable bonds is 5. The first kappa shape index (κ1) is 17.7. The minimum atomic E-state index is -0.740. The van der Waals surface area contributed by atoms with E-state index < -0.39 is 22.5 Å². The Kier molecular flexibility index (Phi) is 4.76. The zero-order chi connectivity index (χ0) is 18.8. The van der Waals surface area contributed by atoms with E-state index in [1.165, 1.54) is 10.7 Å². The number of nitrogens with one attached hydrogen (secondary N) is 1. The standard InChI is InChI=1S/C16H12F2N4O3S/c1-9-4-15(22(24)25)20-21(9)7-10-5-14(26-8-10)16(23)19-13-6-11(17)2-3-12(13)18/h2-6,8H,7H2,1H3,(H,19,23). The summed E-state index contributed by atoms with van der Waals surface area (Å²) >= 11 is 1.12. The summed E-state index contributed by atoms with van der Waals surface area (Å²) in [6, 6.07) is 5.71. The predicted octanol–water partition coefficient (Wildman–Crippen LogP) is 3.74. The zero-order valence-electron chi connectivity index (χ0n) is 13.4. The van der Waals surface area contributed by atoms with Gasteiger partial charge in [0.25, 0.3) is 5.91 Å². The number of carbonyl (C=O) groups excluding carboxylic acids is 1. The fraction of sp³-hybridized carbons (Fsp3) is 0.125. The van der Waals surface area contributed by atoms with Gasteiger partial charge in [0.05, 0.1) is 34.0 Å². The Morgan fingerprint density at radius 2 is 2.12 bits per heavy atom. The highest BCUT2D eigenvalue weighted by Crippen LogP contribution is 2.21. The van der Waals surface area contributed by atoms with Crippen molar-refractivity contribution in [1.29, 1.82) is 0 Å². The average Bonchev–Trinajstić information content (AvgIpc) is 3.19. The number of nitro groups is 1. The van der Waals surface area contributed by atoms with E-state index in [4.69, 9.17) is 0 Å². The van der Waals surface area contributed by atoms with E-state index >= 15 is 0 Å². The number of anilines is 1. The second-order valence-electron chi connectivity index (χ2n) is 5.46. The summed E-state index contributed by atoms with van der Waals surface area (Å²) in [5.41, 5.74) is 1.07. The van der Waals surface area contributed by atoms with E-state index in [0.29, 0.717) is 16.1 Å². The van der Waals surface area contributed by atoms with E-state index in [1.54, 1.807) is 18.4 Å². The van der Waals surface area contributed by atoms with Crippen molar-refractivity contribution in [3.63, 3.8) is 0 Å². The molecule has 1 N–H and O–H groups in total. The number of halogens is 2. The predicted molar refractivity (Wildman–Crippen MR) is 91.4 cm³/mol. The highest BCUT2D eigenvalue weighted by atomic mass is 32.1. The second kappa shape index (κ2) is 7.00. The van der Waals surface area contributed by atoms with Crippen LogP contribution in [0.1, 0.15) is 20.9 Å². The lowest BCUT2D eigenvalue weighted by Crippen LogP contribution is -2.11. The molecule has 26 heavy (non-hydrogen) atoms. The van der Waals surface area contributed by atoms with Gasteiger partial charge in [0.2, 0.25) is 0 Å². The van der Waals surface area contributed by atoms with Crippen LogP contribution in [-0.4, -0.2) is 20.6 Å². The van der Waals surface area contributed by atoms with Crippen molar-refractivity contribution in [2.24, 2.45) is 0 Å². The van der Waals surface area contributed by atoms with Crippen LogP contribution in [0.3, 0.4) is 0 Å². The number of thiophene rings is 1. The minimum Gasteiger partial charge on any atom is -0.358 e. The molecule has 2 heterocycles. The normalized spacial score (nSPS) is 10.7. The largest absolute Gasteiger partial charge is 0.390 e. The Morgan fingerprint density at radius 1 is 1.35 bits per heavy atom. The van der Waals surface area contributed by atoms with Gasteiger partial charge in [-0.05, 0) is 41.0 Å². The summed E-state index contributed by atoms with van der Waals surface area (Å²) in [6.07, 6.45) is 0. The van der Waals surface area contributed by atoms with Crippen LogP contribution >= 0.6 is 11.3 Å². The number of amides is 1. The van der Waals surface area contributed by atoms with Crippen molar-refractivity contribution in [2.75, 3.05) is 5.32 Å². The molecule has 0 fully saturated rings. The summed E-state index contributed by atoms with van der Waals surface area (Å²) in [7, 11) is 0. The van der Waals surface area contributed by atoms with Crippen LogP contribution in [0.4, 0.5) is 20.3 Å². The van der Waals surface area contributed by atoms with E-state index in [-0.39, 0.29) is 18.1 Å². The molecule has 3 aromatic rings. The monoisotopic (exact) mass is 378 g/mol. The van der Waals surface area contributed by atoms with Gasteiger partial charge in [0.15, 0.2) is 0 Å². The fourth-order valence-electron chi connectivity index (χ4n) is 2.27. The minimum absolute atomic E-state index is 0.247. The first-order valence-corrected chi connectivity index (χ1v) is 8.24. The van der Waals surface area contributed by atoms with E-state index in [0.717, 1.165) is 29.5 Å². The number of aromatic nitrogens is 2. The smallest absolute Gasteiger partial charge is 0.358 e. The van der Waals surface area contributed by atoms with Gasteiger partial charge in [-0.1, -0.05) is 0 Å². The second-order valence-corrected chi connectivity index (χ2v) is 6.37. The van der Waals surface area contributed by atoms with Crippen LogP contribution < -0.4 is 5.32 Å². The SMILES string of the molecule is Cc1cc([N+](=O)[O-])nn1Cc1csc(C(=O)Nc2cc(F)ccc2F)c1. The summed E-state index contributed by atoms with van der Waals surface area (Å²) < 4.78 is 28.2. The van der Waals surface area contributed by atoms with Gasteiger partial charge in [-0.3, -0.25) is 4.79 Å². The van der Waals surface area contributed by atoms with Gasteiger partial charge in [0, 0.05) is 6.07 Å². The molecule has 0 bridgehead atoms. The number of carbonyl (C=O) groups is 1. The van der Waals surface area contributed by atoms with Crippen molar-refractivity contribution >= 4 is 28.7 Å².